The molecule has 0 aliphatic rings. The molecule has 0 saturated heterocycles. The second-order valence-electron chi connectivity index (χ2n) is 2.87. The third kappa shape index (κ3) is 5.07. The van der Waals surface area contributed by atoms with Gasteiger partial charge in [-0.3, -0.25) is 0 Å². The fourth-order valence-electron chi connectivity index (χ4n) is 1.29. The molecule has 0 radical (unpaired) electrons. The molecule has 0 unspecified atom stereocenters. The molecule has 0 saturated carbocycles. The Kier molecular flexibility index (Phi) is 8.41. The monoisotopic (exact) mass is 222 g/mol. The lowest BCUT2D eigenvalue weighted by molar-refractivity contribution is 0.0532. The van der Waals surface area contributed by atoms with Crippen LogP contribution in [0.25, 0.3) is 0 Å². The van der Waals surface area contributed by atoms with E-state index in [0.717, 1.165) is 12.5 Å². The van der Waals surface area contributed by atoms with E-state index >= 15 is 0 Å². The molecular weight excluding hydrogens is 200 g/mol. The number of aliphatic hydroxyl groups is 1. The highest BCUT2D eigenvalue weighted by Crippen LogP contribution is 2.17. The average Bonchev–Trinajstić information content (AvgIpc) is 2.16. The van der Waals surface area contributed by atoms with Gasteiger partial charge in [0.05, 0.1) is 13.2 Å². The van der Waals surface area contributed by atoms with Gasteiger partial charge < -0.3 is 18.4 Å². The number of hydrogen-bond donors (Lipinski definition) is 1. The predicted molar refractivity (Wildman–Crippen MR) is 57.1 cm³/mol. The van der Waals surface area contributed by atoms with Crippen LogP contribution in [0.5, 0.6) is 0 Å². The second kappa shape index (κ2) is 8.37. The molecule has 0 aromatic carbocycles. The molecule has 0 amide bonds. The Morgan fingerprint density at radius 1 is 1.00 bits per heavy atom. The lowest BCUT2D eigenvalue weighted by atomic mass is 10.6. The Morgan fingerprint density at radius 2 is 1.57 bits per heavy atom. The Hall–Kier alpha value is 0.0569. The van der Waals surface area contributed by atoms with Crippen molar-refractivity contribution in [1.82, 2.24) is 0 Å². The van der Waals surface area contributed by atoms with Crippen LogP contribution < -0.4 is 0 Å². The van der Waals surface area contributed by atoms with E-state index in [1.54, 1.807) is 0 Å². The lowest BCUT2D eigenvalue weighted by Gasteiger charge is -2.28. The summed E-state index contributed by atoms with van der Waals surface area (Å²) < 4.78 is 16.7. The smallest absolute Gasteiger partial charge is 0.394 e. The van der Waals surface area contributed by atoms with E-state index in [4.69, 9.17) is 18.4 Å². The summed E-state index contributed by atoms with van der Waals surface area (Å²) in [4.78, 5) is 0. The van der Waals surface area contributed by atoms with E-state index in [0.29, 0.717) is 19.8 Å². The summed E-state index contributed by atoms with van der Waals surface area (Å²) in [6, 6.07) is 0.814. The molecule has 0 aromatic heterocycles. The maximum absolute atomic E-state index is 8.72. The molecule has 0 bridgehead atoms. The van der Waals surface area contributed by atoms with Gasteiger partial charge in [0.25, 0.3) is 0 Å². The molecule has 0 fully saturated rings. The third-order valence-electron chi connectivity index (χ3n) is 1.70. The summed E-state index contributed by atoms with van der Waals surface area (Å²) in [6.45, 7) is 7.43. The Morgan fingerprint density at radius 3 is 1.93 bits per heavy atom. The van der Waals surface area contributed by atoms with Crippen LogP contribution in [-0.2, 0) is 13.3 Å². The molecule has 0 aliphatic heterocycles. The number of rotatable bonds is 9. The van der Waals surface area contributed by atoms with Crippen molar-refractivity contribution < 1.29 is 18.4 Å². The first-order valence-corrected chi connectivity index (χ1v) is 7.20. The minimum atomic E-state index is -2.48. The van der Waals surface area contributed by atoms with Crippen molar-refractivity contribution in [2.75, 3.05) is 26.4 Å². The van der Waals surface area contributed by atoms with Gasteiger partial charge in [-0.05, 0) is 13.8 Å². The summed E-state index contributed by atoms with van der Waals surface area (Å²) >= 11 is 0. The lowest BCUT2D eigenvalue weighted by Crippen LogP contribution is -2.46. The minimum Gasteiger partial charge on any atom is -0.394 e. The molecule has 0 rings (SSSR count). The van der Waals surface area contributed by atoms with E-state index < -0.39 is 8.80 Å². The molecular formula is C9H22O4Si. The number of aliphatic hydroxyl groups excluding tert-OH is 1. The van der Waals surface area contributed by atoms with Crippen LogP contribution in [-0.4, -0.2) is 40.3 Å². The normalized spacial score (nSPS) is 12.0. The van der Waals surface area contributed by atoms with Gasteiger partial charge in [-0.2, -0.15) is 0 Å². The van der Waals surface area contributed by atoms with Gasteiger partial charge in [-0.25, -0.2) is 0 Å². The SMILES string of the molecule is CCC[Si](OCC)(OCC)OCCO. The Bertz CT molecular complexity index is 115. The van der Waals surface area contributed by atoms with E-state index in [9.17, 15) is 0 Å². The molecule has 0 spiro atoms. The highest BCUT2D eigenvalue weighted by Gasteiger charge is 2.39. The van der Waals surface area contributed by atoms with Crippen LogP contribution in [0.15, 0.2) is 0 Å². The second-order valence-corrected chi connectivity index (χ2v) is 5.60. The first-order valence-electron chi connectivity index (χ1n) is 5.27. The fourth-order valence-corrected chi connectivity index (χ4v) is 3.87. The van der Waals surface area contributed by atoms with Crippen LogP contribution in [0, 0.1) is 0 Å². The van der Waals surface area contributed by atoms with Gasteiger partial charge in [0, 0.05) is 19.3 Å². The first kappa shape index (κ1) is 14.1. The molecule has 14 heavy (non-hydrogen) atoms. The molecule has 1 N–H and O–H groups in total. The van der Waals surface area contributed by atoms with Crippen molar-refractivity contribution in [2.45, 2.75) is 33.2 Å². The molecule has 0 heterocycles. The topological polar surface area (TPSA) is 47.9 Å². The van der Waals surface area contributed by atoms with E-state index in [2.05, 4.69) is 6.92 Å². The maximum atomic E-state index is 8.72. The summed E-state index contributed by atoms with van der Waals surface area (Å²) in [5.74, 6) is 0. The third-order valence-corrected chi connectivity index (χ3v) is 4.91. The van der Waals surface area contributed by atoms with Crippen molar-refractivity contribution in [3.05, 3.63) is 0 Å². The first-order chi connectivity index (χ1) is 6.74. The summed E-state index contributed by atoms with van der Waals surface area (Å²) in [5, 5.41) is 8.72. The van der Waals surface area contributed by atoms with Crippen molar-refractivity contribution in [3.63, 3.8) is 0 Å². The molecule has 86 valence electrons. The highest BCUT2D eigenvalue weighted by molar-refractivity contribution is 6.60. The number of hydrogen-bond acceptors (Lipinski definition) is 4. The minimum absolute atomic E-state index is 0.0125. The molecule has 4 nitrogen and oxygen atoms in total. The maximum Gasteiger partial charge on any atom is 0.501 e. The standard InChI is InChI=1S/C9H22O4Si/c1-4-9-14(11-5-2,12-6-3)13-8-7-10/h10H,4-9H2,1-3H3. The molecule has 0 atom stereocenters. The highest BCUT2D eigenvalue weighted by atomic mass is 28.4. The van der Waals surface area contributed by atoms with Crippen LogP contribution in [0.3, 0.4) is 0 Å². The quantitative estimate of drug-likeness (QED) is 0.599. The van der Waals surface area contributed by atoms with Crippen molar-refractivity contribution in [1.29, 1.82) is 0 Å². The van der Waals surface area contributed by atoms with Gasteiger partial charge in [0.2, 0.25) is 0 Å². The van der Waals surface area contributed by atoms with Crippen molar-refractivity contribution in [3.8, 4) is 0 Å². The summed E-state index contributed by atoms with van der Waals surface area (Å²) in [6.07, 6.45) is 0.970. The van der Waals surface area contributed by atoms with E-state index in [1.165, 1.54) is 0 Å². The zero-order chi connectivity index (χ0) is 10.9. The van der Waals surface area contributed by atoms with E-state index in [1.807, 2.05) is 13.8 Å². The fraction of sp³-hybridized carbons (Fsp3) is 1.00. The average molecular weight is 222 g/mol. The zero-order valence-corrected chi connectivity index (χ0v) is 10.4. The van der Waals surface area contributed by atoms with Gasteiger partial charge in [-0.1, -0.05) is 13.3 Å². The largest absolute Gasteiger partial charge is 0.501 e. The van der Waals surface area contributed by atoms with Gasteiger partial charge in [0.15, 0.2) is 0 Å². The van der Waals surface area contributed by atoms with Crippen LogP contribution in [0.2, 0.25) is 6.04 Å². The summed E-state index contributed by atoms with van der Waals surface area (Å²) in [5.41, 5.74) is 0. The predicted octanol–water partition coefficient (Wildman–Crippen LogP) is 1.42. The van der Waals surface area contributed by atoms with Crippen molar-refractivity contribution >= 4 is 8.80 Å². The zero-order valence-electron chi connectivity index (χ0n) is 9.41. The summed E-state index contributed by atoms with van der Waals surface area (Å²) in [7, 11) is -2.48. The van der Waals surface area contributed by atoms with E-state index in [-0.39, 0.29) is 6.61 Å². The van der Waals surface area contributed by atoms with Crippen LogP contribution >= 0.6 is 0 Å². The molecule has 0 aliphatic carbocycles. The van der Waals surface area contributed by atoms with Crippen LogP contribution in [0.1, 0.15) is 27.2 Å². The van der Waals surface area contributed by atoms with Gasteiger partial charge >= 0.3 is 8.80 Å². The van der Waals surface area contributed by atoms with Crippen LogP contribution in [0.4, 0.5) is 0 Å². The Labute approximate surface area is 87.5 Å². The molecule has 0 aromatic rings. The Balaban J connectivity index is 4.21. The molecule has 5 heteroatoms. The van der Waals surface area contributed by atoms with Gasteiger partial charge in [0.1, 0.15) is 0 Å². The van der Waals surface area contributed by atoms with Crippen molar-refractivity contribution in [2.24, 2.45) is 0 Å². The van der Waals surface area contributed by atoms with Gasteiger partial charge in [-0.15, -0.1) is 0 Å².